The van der Waals surface area contributed by atoms with Crippen molar-refractivity contribution in [1.82, 2.24) is 10.2 Å². The SMILES string of the molecule is CC[C@@H](C)NC(=O)[C@@H](C)N(Cc1ccc(Br)cc1)C(=O)CCSc1ccccc1. The number of hydrogen-bond acceptors (Lipinski definition) is 3. The molecule has 1 N–H and O–H groups in total. The fraction of sp³-hybridized carbons (Fsp3) is 0.391. The maximum atomic E-state index is 13.0. The lowest BCUT2D eigenvalue weighted by Crippen LogP contribution is -2.49. The Morgan fingerprint density at radius 3 is 2.34 bits per heavy atom. The molecular formula is C23H29BrN2O2S. The standard InChI is InChI=1S/C23H29BrN2O2S/c1-4-17(2)25-23(28)18(3)26(16-19-10-12-20(24)13-11-19)22(27)14-15-29-21-8-6-5-7-9-21/h5-13,17-18H,4,14-16H2,1-3H3,(H,25,28)/t17-,18-/m1/s1. The first-order valence-electron chi connectivity index (χ1n) is 9.92. The minimum Gasteiger partial charge on any atom is -0.352 e. The first kappa shape index (κ1) is 23.5. The fourth-order valence-corrected chi connectivity index (χ4v) is 3.88. The predicted molar refractivity (Wildman–Crippen MR) is 124 cm³/mol. The van der Waals surface area contributed by atoms with E-state index >= 15 is 0 Å². The van der Waals surface area contributed by atoms with Gasteiger partial charge in [-0.3, -0.25) is 9.59 Å². The maximum absolute atomic E-state index is 13.0. The van der Waals surface area contributed by atoms with Crippen LogP contribution in [0.2, 0.25) is 0 Å². The molecule has 29 heavy (non-hydrogen) atoms. The van der Waals surface area contributed by atoms with Gasteiger partial charge < -0.3 is 10.2 Å². The molecule has 2 aromatic rings. The zero-order valence-corrected chi connectivity index (χ0v) is 19.6. The van der Waals surface area contributed by atoms with Crippen molar-refractivity contribution < 1.29 is 9.59 Å². The smallest absolute Gasteiger partial charge is 0.242 e. The Hall–Kier alpha value is -1.79. The Labute approximate surface area is 186 Å². The quantitative estimate of drug-likeness (QED) is 0.475. The summed E-state index contributed by atoms with van der Waals surface area (Å²) in [5.41, 5.74) is 1.00. The number of halogens is 1. The highest BCUT2D eigenvalue weighted by Crippen LogP contribution is 2.20. The summed E-state index contributed by atoms with van der Waals surface area (Å²) in [4.78, 5) is 28.5. The fourth-order valence-electron chi connectivity index (χ4n) is 2.75. The van der Waals surface area contributed by atoms with Crippen LogP contribution in [0, 0.1) is 0 Å². The number of carbonyl (C=O) groups excluding carboxylic acids is 2. The molecule has 0 aliphatic heterocycles. The Morgan fingerprint density at radius 1 is 1.07 bits per heavy atom. The van der Waals surface area contributed by atoms with E-state index in [4.69, 9.17) is 0 Å². The van der Waals surface area contributed by atoms with Crippen LogP contribution in [0.4, 0.5) is 0 Å². The molecule has 2 aromatic carbocycles. The van der Waals surface area contributed by atoms with Crippen molar-refractivity contribution in [1.29, 1.82) is 0 Å². The van der Waals surface area contributed by atoms with E-state index in [2.05, 4.69) is 21.2 Å². The van der Waals surface area contributed by atoms with Crippen molar-refractivity contribution in [2.24, 2.45) is 0 Å². The van der Waals surface area contributed by atoms with E-state index in [1.165, 1.54) is 0 Å². The molecule has 4 nitrogen and oxygen atoms in total. The molecule has 0 fully saturated rings. The number of nitrogens with zero attached hydrogens (tertiary/aromatic N) is 1. The second-order valence-electron chi connectivity index (χ2n) is 7.05. The van der Waals surface area contributed by atoms with Crippen molar-refractivity contribution in [3.05, 3.63) is 64.6 Å². The zero-order valence-electron chi connectivity index (χ0n) is 17.2. The van der Waals surface area contributed by atoms with E-state index in [9.17, 15) is 9.59 Å². The number of nitrogens with one attached hydrogen (secondary N) is 1. The number of carbonyl (C=O) groups is 2. The van der Waals surface area contributed by atoms with Gasteiger partial charge in [0.1, 0.15) is 6.04 Å². The van der Waals surface area contributed by atoms with Crippen LogP contribution in [0.15, 0.2) is 64.0 Å². The van der Waals surface area contributed by atoms with Gasteiger partial charge in [0.2, 0.25) is 11.8 Å². The minimum absolute atomic E-state index is 0.0110. The first-order valence-corrected chi connectivity index (χ1v) is 11.7. The third-order valence-corrected chi connectivity index (χ3v) is 6.30. The third kappa shape index (κ3) is 7.86. The number of rotatable bonds is 10. The summed E-state index contributed by atoms with van der Waals surface area (Å²) in [6.07, 6.45) is 1.24. The Kier molecular flexibility index (Phi) is 9.74. The molecule has 0 bridgehead atoms. The van der Waals surface area contributed by atoms with Crippen LogP contribution in [0.25, 0.3) is 0 Å². The number of thioether (sulfide) groups is 1. The molecule has 2 atom stereocenters. The highest BCUT2D eigenvalue weighted by molar-refractivity contribution is 9.10. The average molecular weight is 477 g/mol. The molecule has 2 amide bonds. The van der Waals surface area contributed by atoms with Gasteiger partial charge in [-0.1, -0.05) is 53.2 Å². The first-order chi connectivity index (χ1) is 13.9. The molecular weight excluding hydrogens is 448 g/mol. The Morgan fingerprint density at radius 2 is 1.72 bits per heavy atom. The molecule has 0 heterocycles. The van der Waals surface area contributed by atoms with Crippen molar-refractivity contribution >= 4 is 39.5 Å². The molecule has 0 aliphatic carbocycles. The maximum Gasteiger partial charge on any atom is 0.242 e. The molecule has 6 heteroatoms. The van der Waals surface area contributed by atoms with Gasteiger partial charge >= 0.3 is 0 Å². The Bertz CT molecular complexity index is 783. The van der Waals surface area contributed by atoms with Crippen LogP contribution in [0.3, 0.4) is 0 Å². The van der Waals surface area contributed by atoms with Crippen LogP contribution in [0.5, 0.6) is 0 Å². The summed E-state index contributed by atoms with van der Waals surface area (Å²) in [5, 5.41) is 3.00. The molecule has 0 unspecified atom stereocenters. The third-order valence-electron chi connectivity index (χ3n) is 4.76. The average Bonchev–Trinajstić information content (AvgIpc) is 2.73. The number of hydrogen-bond donors (Lipinski definition) is 1. The van der Waals surface area contributed by atoms with Crippen molar-refractivity contribution in [3.63, 3.8) is 0 Å². The van der Waals surface area contributed by atoms with Gasteiger partial charge in [0.25, 0.3) is 0 Å². The van der Waals surface area contributed by atoms with E-state index in [0.29, 0.717) is 18.7 Å². The number of amides is 2. The normalized spacial score (nSPS) is 12.8. The zero-order chi connectivity index (χ0) is 21.2. The largest absolute Gasteiger partial charge is 0.352 e. The lowest BCUT2D eigenvalue weighted by Gasteiger charge is -2.29. The number of benzene rings is 2. The van der Waals surface area contributed by atoms with Crippen molar-refractivity contribution in [3.8, 4) is 0 Å². The van der Waals surface area contributed by atoms with Crippen molar-refractivity contribution in [2.45, 2.75) is 57.1 Å². The van der Waals surface area contributed by atoms with E-state index < -0.39 is 6.04 Å². The summed E-state index contributed by atoms with van der Waals surface area (Å²) in [6.45, 7) is 6.22. The molecule has 0 aliphatic rings. The van der Waals surface area contributed by atoms with E-state index in [0.717, 1.165) is 21.4 Å². The van der Waals surface area contributed by atoms with Gasteiger partial charge in [-0.25, -0.2) is 0 Å². The van der Waals surface area contributed by atoms with Crippen LogP contribution < -0.4 is 5.32 Å². The predicted octanol–water partition coefficient (Wildman–Crippen LogP) is 5.26. The van der Waals surface area contributed by atoms with E-state index in [-0.39, 0.29) is 17.9 Å². The van der Waals surface area contributed by atoms with Gasteiger partial charge in [0.15, 0.2) is 0 Å². The van der Waals surface area contributed by atoms with Gasteiger partial charge in [-0.05, 0) is 50.1 Å². The lowest BCUT2D eigenvalue weighted by atomic mass is 10.1. The molecule has 0 radical (unpaired) electrons. The minimum atomic E-state index is -0.526. The molecule has 2 rings (SSSR count). The molecule has 156 valence electrons. The van der Waals surface area contributed by atoms with E-state index in [1.807, 2.05) is 68.4 Å². The monoisotopic (exact) mass is 476 g/mol. The van der Waals surface area contributed by atoms with Gasteiger partial charge in [0, 0.05) is 34.1 Å². The molecule has 0 saturated carbocycles. The van der Waals surface area contributed by atoms with Gasteiger partial charge in [-0.2, -0.15) is 0 Å². The van der Waals surface area contributed by atoms with Crippen LogP contribution in [0.1, 0.15) is 39.2 Å². The van der Waals surface area contributed by atoms with E-state index in [1.54, 1.807) is 23.6 Å². The summed E-state index contributed by atoms with van der Waals surface area (Å²) < 4.78 is 0.987. The second-order valence-corrected chi connectivity index (χ2v) is 9.14. The highest BCUT2D eigenvalue weighted by Gasteiger charge is 2.26. The topological polar surface area (TPSA) is 49.4 Å². The van der Waals surface area contributed by atoms with Crippen LogP contribution in [-0.2, 0) is 16.1 Å². The summed E-state index contributed by atoms with van der Waals surface area (Å²) >= 11 is 5.09. The Balaban J connectivity index is 2.06. The summed E-state index contributed by atoms with van der Waals surface area (Å²) in [5.74, 6) is 0.558. The molecule has 0 spiro atoms. The highest BCUT2D eigenvalue weighted by atomic mass is 79.9. The molecule has 0 aromatic heterocycles. The second kappa shape index (κ2) is 12.0. The van der Waals surface area contributed by atoms with Gasteiger partial charge in [-0.15, -0.1) is 11.8 Å². The lowest BCUT2D eigenvalue weighted by molar-refractivity contribution is -0.140. The molecule has 0 saturated heterocycles. The van der Waals surface area contributed by atoms with Crippen LogP contribution >= 0.6 is 27.7 Å². The summed E-state index contributed by atoms with van der Waals surface area (Å²) in [6, 6.07) is 17.5. The van der Waals surface area contributed by atoms with Crippen molar-refractivity contribution in [2.75, 3.05) is 5.75 Å². The van der Waals surface area contributed by atoms with Gasteiger partial charge in [0.05, 0.1) is 0 Å². The summed E-state index contributed by atoms with van der Waals surface area (Å²) in [7, 11) is 0. The van der Waals surface area contributed by atoms with Crippen LogP contribution in [-0.4, -0.2) is 34.6 Å².